The van der Waals surface area contributed by atoms with Crippen molar-refractivity contribution in [2.24, 2.45) is 5.92 Å². The number of anilines is 1. The number of piperidine rings is 1. The first-order valence-electron chi connectivity index (χ1n) is 6.07. The van der Waals surface area contributed by atoms with Gasteiger partial charge in [-0.25, -0.2) is 0 Å². The number of para-hydroxylation sites is 1. The van der Waals surface area contributed by atoms with Crippen molar-refractivity contribution in [3.63, 3.8) is 0 Å². The first-order valence-corrected chi connectivity index (χ1v) is 6.07. The number of rotatable bonds is 1. The Morgan fingerprint density at radius 1 is 1.31 bits per heavy atom. The minimum atomic E-state index is 0.252. The maximum atomic E-state index is 9.62. The number of benzene rings is 1. The molecule has 3 N–H and O–H groups in total. The highest BCUT2D eigenvalue weighted by Gasteiger charge is 2.37. The summed E-state index contributed by atoms with van der Waals surface area (Å²) in [6.45, 7) is 2.34. The highest BCUT2D eigenvalue weighted by molar-refractivity contribution is 5.56. The molecule has 1 aromatic rings. The standard InChI is InChI=1S/C13H18N2O/c16-8-11-9-3-1-2-4-12(9)15-13-5-6-14-7-10(11)13/h1-4,10-11,13-16H,5-8H2. The van der Waals surface area contributed by atoms with E-state index in [4.69, 9.17) is 0 Å². The molecule has 3 heteroatoms. The molecule has 1 aromatic carbocycles. The molecule has 0 aliphatic carbocycles. The molecule has 1 fully saturated rings. The maximum Gasteiger partial charge on any atom is 0.0504 e. The molecule has 0 saturated carbocycles. The lowest BCUT2D eigenvalue weighted by Gasteiger charge is -2.43. The zero-order valence-corrected chi connectivity index (χ0v) is 9.32. The van der Waals surface area contributed by atoms with E-state index in [0.29, 0.717) is 12.0 Å². The molecule has 0 bridgehead atoms. The van der Waals surface area contributed by atoms with Gasteiger partial charge in [-0.05, 0) is 24.6 Å². The number of hydrogen-bond acceptors (Lipinski definition) is 3. The van der Waals surface area contributed by atoms with Crippen LogP contribution in [0.15, 0.2) is 24.3 Å². The van der Waals surface area contributed by atoms with Crippen LogP contribution in [0.1, 0.15) is 17.9 Å². The molecule has 3 rings (SSSR count). The van der Waals surface area contributed by atoms with E-state index in [2.05, 4.69) is 34.9 Å². The first kappa shape index (κ1) is 10.1. The van der Waals surface area contributed by atoms with Crippen molar-refractivity contribution in [2.75, 3.05) is 25.0 Å². The predicted octanol–water partition coefficient (Wildman–Crippen LogP) is 1.17. The summed E-state index contributed by atoms with van der Waals surface area (Å²) in [6, 6.07) is 8.89. The monoisotopic (exact) mass is 218 g/mol. The van der Waals surface area contributed by atoms with Gasteiger partial charge in [0.2, 0.25) is 0 Å². The molecule has 3 atom stereocenters. The van der Waals surface area contributed by atoms with E-state index in [9.17, 15) is 5.11 Å². The fourth-order valence-corrected chi connectivity index (χ4v) is 3.10. The number of aliphatic hydroxyl groups is 1. The molecule has 2 heterocycles. The van der Waals surface area contributed by atoms with Crippen LogP contribution in [0.5, 0.6) is 0 Å². The molecule has 0 aromatic heterocycles. The molecule has 16 heavy (non-hydrogen) atoms. The van der Waals surface area contributed by atoms with Gasteiger partial charge in [-0.2, -0.15) is 0 Å². The van der Waals surface area contributed by atoms with E-state index >= 15 is 0 Å². The van der Waals surface area contributed by atoms with Gasteiger partial charge >= 0.3 is 0 Å². The summed E-state index contributed by atoms with van der Waals surface area (Å²) in [4.78, 5) is 0. The molecule has 1 saturated heterocycles. The van der Waals surface area contributed by atoms with Crippen LogP contribution in [0.4, 0.5) is 5.69 Å². The molecule has 2 aliphatic heterocycles. The predicted molar refractivity (Wildman–Crippen MR) is 64.7 cm³/mol. The molecule has 3 nitrogen and oxygen atoms in total. The summed E-state index contributed by atoms with van der Waals surface area (Å²) < 4.78 is 0. The molecular formula is C13H18N2O. The Morgan fingerprint density at radius 2 is 2.19 bits per heavy atom. The number of aliphatic hydroxyl groups excluding tert-OH is 1. The van der Waals surface area contributed by atoms with Crippen LogP contribution in [-0.4, -0.2) is 30.8 Å². The lowest BCUT2D eigenvalue weighted by Crippen LogP contribution is -2.49. The highest BCUT2D eigenvalue weighted by Crippen LogP contribution is 2.39. The van der Waals surface area contributed by atoms with Crippen LogP contribution in [0, 0.1) is 5.92 Å². The molecule has 0 amide bonds. The third-order valence-corrected chi connectivity index (χ3v) is 3.94. The molecule has 0 spiro atoms. The van der Waals surface area contributed by atoms with Crippen molar-refractivity contribution in [2.45, 2.75) is 18.4 Å². The van der Waals surface area contributed by atoms with Crippen molar-refractivity contribution in [1.29, 1.82) is 0 Å². The Kier molecular flexibility index (Phi) is 2.58. The van der Waals surface area contributed by atoms with Gasteiger partial charge in [0.25, 0.3) is 0 Å². The molecular weight excluding hydrogens is 200 g/mol. The van der Waals surface area contributed by atoms with Gasteiger partial charge < -0.3 is 15.7 Å². The Labute approximate surface area is 95.9 Å². The van der Waals surface area contributed by atoms with Crippen molar-refractivity contribution in [1.82, 2.24) is 5.32 Å². The lowest BCUT2D eigenvalue weighted by atomic mass is 9.75. The van der Waals surface area contributed by atoms with Gasteiger partial charge in [0.05, 0.1) is 6.61 Å². The average Bonchev–Trinajstić information content (AvgIpc) is 2.36. The number of hydrogen-bond donors (Lipinski definition) is 3. The maximum absolute atomic E-state index is 9.62. The lowest BCUT2D eigenvalue weighted by molar-refractivity contribution is 0.189. The minimum absolute atomic E-state index is 0.252. The van der Waals surface area contributed by atoms with Crippen molar-refractivity contribution < 1.29 is 5.11 Å². The number of fused-ring (bicyclic) bond motifs is 2. The molecule has 0 radical (unpaired) electrons. The van der Waals surface area contributed by atoms with Gasteiger partial charge in [0.1, 0.15) is 0 Å². The van der Waals surface area contributed by atoms with E-state index in [1.807, 2.05) is 0 Å². The second-order valence-electron chi connectivity index (χ2n) is 4.78. The average molecular weight is 218 g/mol. The second kappa shape index (κ2) is 4.07. The largest absolute Gasteiger partial charge is 0.396 e. The Bertz CT molecular complexity index is 380. The van der Waals surface area contributed by atoms with Gasteiger partial charge in [-0.3, -0.25) is 0 Å². The summed E-state index contributed by atoms with van der Waals surface area (Å²) in [5, 5.41) is 16.7. The molecule has 86 valence electrons. The zero-order valence-electron chi connectivity index (χ0n) is 9.32. The van der Waals surface area contributed by atoms with Crippen molar-refractivity contribution >= 4 is 5.69 Å². The molecule has 3 unspecified atom stereocenters. The summed E-state index contributed by atoms with van der Waals surface area (Å²) >= 11 is 0. The Balaban J connectivity index is 1.99. The van der Waals surface area contributed by atoms with Gasteiger partial charge in [0.15, 0.2) is 0 Å². The highest BCUT2D eigenvalue weighted by atomic mass is 16.3. The summed E-state index contributed by atoms with van der Waals surface area (Å²) in [5.74, 6) is 0.809. The SMILES string of the molecule is OCC1c2ccccc2NC2CCNCC21. The van der Waals surface area contributed by atoms with Crippen LogP contribution >= 0.6 is 0 Å². The van der Waals surface area contributed by atoms with Crippen LogP contribution in [0.25, 0.3) is 0 Å². The van der Waals surface area contributed by atoms with Gasteiger partial charge in [0, 0.05) is 30.1 Å². The quantitative estimate of drug-likeness (QED) is 0.663. The van der Waals surface area contributed by atoms with E-state index in [0.717, 1.165) is 19.5 Å². The van der Waals surface area contributed by atoms with Crippen molar-refractivity contribution in [3.8, 4) is 0 Å². The fraction of sp³-hybridized carbons (Fsp3) is 0.538. The minimum Gasteiger partial charge on any atom is -0.396 e. The smallest absolute Gasteiger partial charge is 0.0504 e. The van der Waals surface area contributed by atoms with Crippen LogP contribution < -0.4 is 10.6 Å². The summed E-state index contributed by atoms with van der Waals surface area (Å²) in [7, 11) is 0. The van der Waals surface area contributed by atoms with Crippen molar-refractivity contribution in [3.05, 3.63) is 29.8 Å². The fourth-order valence-electron chi connectivity index (χ4n) is 3.10. The Hall–Kier alpha value is -1.06. The topological polar surface area (TPSA) is 44.3 Å². The molecule has 2 aliphatic rings. The number of nitrogens with one attached hydrogen (secondary N) is 2. The third-order valence-electron chi connectivity index (χ3n) is 3.94. The van der Waals surface area contributed by atoms with E-state index in [-0.39, 0.29) is 12.5 Å². The third kappa shape index (κ3) is 1.51. The second-order valence-corrected chi connectivity index (χ2v) is 4.78. The Morgan fingerprint density at radius 3 is 3.06 bits per heavy atom. The van der Waals surface area contributed by atoms with Gasteiger partial charge in [-0.15, -0.1) is 0 Å². The van der Waals surface area contributed by atoms with E-state index in [1.165, 1.54) is 11.3 Å². The van der Waals surface area contributed by atoms with Crippen LogP contribution in [0.3, 0.4) is 0 Å². The van der Waals surface area contributed by atoms with Crippen LogP contribution in [0.2, 0.25) is 0 Å². The summed E-state index contributed by atoms with van der Waals surface area (Å²) in [6.07, 6.45) is 1.15. The normalized spacial score (nSPS) is 32.4. The summed E-state index contributed by atoms with van der Waals surface area (Å²) in [5.41, 5.74) is 2.49. The van der Waals surface area contributed by atoms with E-state index < -0.39 is 0 Å². The van der Waals surface area contributed by atoms with Crippen LogP contribution in [-0.2, 0) is 0 Å². The first-order chi connectivity index (χ1) is 7.90. The van der Waals surface area contributed by atoms with E-state index in [1.54, 1.807) is 0 Å². The zero-order chi connectivity index (χ0) is 11.0. The van der Waals surface area contributed by atoms with Gasteiger partial charge in [-0.1, -0.05) is 18.2 Å².